The van der Waals surface area contributed by atoms with Gasteiger partial charge in [-0.05, 0) is 24.3 Å². The first-order chi connectivity index (χ1) is 7.84. The molecule has 1 fully saturated rings. The molecule has 2 N–H and O–H groups in total. The summed E-state index contributed by atoms with van der Waals surface area (Å²) in [6.45, 7) is 1.96. The van der Waals surface area contributed by atoms with E-state index in [4.69, 9.17) is 5.73 Å². The van der Waals surface area contributed by atoms with Gasteiger partial charge in [-0.1, -0.05) is 0 Å². The fraction of sp³-hybridized carbons (Fsp3) is 0.455. The van der Waals surface area contributed by atoms with Gasteiger partial charge in [0, 0.05) is 19.1 Å². The normalized spacial score (nSPS) is 21.6. The largest absolute Gasteiger partial charge is 0.354 e. The van der Waals surface area contributed by atoms with Gasteiger partial charge in [-0.3, -0.25) is 0 Å². The Labute approximate surface area is 98.1 Å². The van der Waals surface area contributed by atoms with Crippen molar-refractivity contribution in [1.29, 1.82) is 0 Å². The summed E-state index contributed by atoms with van der Waals surface area (Å²) in [6.07, 6.45) is 3.92. The topological polar surface area (TPSA) is 55.0 Å². The van der Waals surface area contributed by atoms with Crippen molar-refractivity contribution in [3.8, 4) is 0 Å². The molecule has 1 saturated heterocycles. The van der Waals surface area contributed by atoms with Gasteiger partial charge in [0.05, 0.1) is 5.39 Å². The van der Waals surface area contributed by atoms with Gasteiger partial charge in [0.15, 0.2) is 0 Å². The first kappa shape index (κ1) is 9.99. The molecule has 1 aliphatic rings. The average molecular weight is 234 g/mol. The highest BCUT2D eigenvalue weighted by Gasteiger charge is 2.19. The zero-order chi connectivity index (χ0) is 11.0. The Morgan fingerprint density at radius 2 is 2.38 bits per heavy atom. The Morgan fingerprint density at radius 3 is 3.25 bits per heavy atom. The molecule has 5 heteroatoms. The van der Waals surface area contributed by atoms with Crippen LogP contribution in [0.25, 0.3) is 10.2 Å². The third-order valence-electron chi connectivity index (χ3n) is 3.00. The number of anilines is 1. The summed E-state index contributed by atoms with van der Waals surface area (Å²) in [5.74, 6) is 1.04. The van der Waals surface area contributed by atoms with Gasteiger partial charge in [-0.15, -0.1) is 11.3 Å². The van der Waals surface area contributed by atoms with E-state index in [0.717, 1.165) is 42.0 Å². The number of fused-ring (bicyclic) bond motifs is 1. The van der Waals surface area contributed by atoms with Crippen LogP contribution in [0.5, 0.6) is 0 Å². The first-order valence-corrected chi connectivity index (χ1v) is 6.41. The van der Waals surface area contributed by atoms with E-state index < -0.39 is 0 Å². The monoisotopic (exact) mass is 234 g/mol. The Hall–Kier alpha value is -1.20. The maximum absolute atomic E-state index is 6.00. The Bertz CT molecular complexity index is 495. The molecular formula is C11H14N4S. The summed E-state index contributed by atoms with van der Waals surface area (Å²) < 4.78 is 0. The molecule has 3 heterocycles. The first-order valence-electron chi connectivity index (χ1n) is 5.53. The van der Waals surface area contributed by atoms with Crippen LogP contribution in [-0.2, 0) is 0 Å². The number of nitrogens with zero attached hydrogens (tertiary/aromatic N) is 3. The van der Waals surface area contributed by atoms with Crippen LogP contribution in [0.4, 0.5) is 5.82 Å². The van der Waals surface area contributed by atoms with E-state index in [2.05, 4.69) is 26.3 Å². The molecule has 0 aliphatic carbocycles. The standard InChI is InChI=1S/C11H14N4S/c12-8-2-1-4-15(6-8)10-9-3-5-16-11(9)14-7-13-10/h3,5,7-8H,1-2,4,6,12H2/t8-/m1/s1. The molecule has 2 aromatic rings. The molecule has 0 unspecified atom stereocenters. The predicted molar refractivity (Wildman–Crippen MR) is 66.8 cm³/mol. The molecule has 16 heavy (non-hydrogen) atoms. The summed E-state index contributed by atoms with van der Waals surface area (Å²) in [5, 5.41) is 3.22. The second-order valence-electron chi connectivity index (χ2n) is 4.19. The average Bonchev–Trinajstić information content (AvgIpc) is 2.76. The lowest BCUT2D eigenvalue weighted by molar-refractivity contribution is 0.504. The predicted octanol–water partition coefficient (Wildman–Crippen LogP) is 1.62. The molecule has 0 aromatic carbocycles. The Balaban J connectivity index is 2.01. The van der Waals surface area contributed by atoms with Crippen molar-refractivity contribution in [3.63, 3.8) is 0 Å². The SMILES string of the molecule is N[C@@H]1CCCN(c2ncnc3sccc23)C1. The highest BCUT2D eigenvalue weighted by atomic mass is 32.1. The number of thiophene rings is 1. The number of nitrogens with two attached hydrogens (primary N) is 1. The molecule has 2 aromatic heterocycles. The molecule has 0 radical (unpaired) electrons. The summed E-state index contributed by atoms with van der Waals surface area (Å²) in [5.41, 5.74) is 6.00. The van der Waals surface area contributed by atoms with Crippen molar-refractivity contribution < 1.29 is 0 Å². The van der Waals surface area contributed by atoms with E-state index in [-0.39, 0.29) is 6.04 Å². The minimum Gasteiger partial charge on any atom is -0.354 e. The van der Waals surface area contributed by atoms with Gasteiger partial charge in [-0.2, -0.15) is 0 Å². The highest BCUT2D eigenvalue weighted by molar-refractivity contribution is 7.16. The van der Waals surface area contributed by atoms with Crippen LogP contribution in [0.15, 0.2) is 17.8 Å². The number of rotatable bonds is 1. The molecule has 3 rings (SSSR count). The minimum atomic E-state index is 0.275. The van der Waals surface area contributed by atoms with E-state index in [1.54, 1.807) is 17.7 Å². The van der Waals surface area contributed by atoms with Crippen LogP contribution in [0.2, 0.25) is 0 Å². The van der Waals surface area contributed by atoms with Gasteiger partial charge in [0.2, 0.25) is 0 Å². The van der Waals surface area contributed by atoms with E-state index in [0.29, 0.717) is 0 Å². The van der Waals surface area contributed by atoms with Gasteiger partial charge < -0.3 is 10.6 Å². The van der Waals surface area contributed by atoms with Gasteiger partial charge in [-0.25, -0.2) is 9.97 Å². The molecule has 4 nitrogen and oxygen atoms in total. The number of hydrogen-bond donors (Lipinski definition) is 1. The zero-order valence-corrected chi connectivity index (χ0v) is 9.78. The van der Waals surface area contributed by atoms with E-state index in [9.17, 15) is 0 Å². The van der Waals surface area contributed by atoms with E-state index in [1.165, 1.54) is 0 Å². The van der Waals surface area contributed by atoms with Crippen LogP contribution in [-0.4, -0.2) is 29.1 Å². The van der Waals surface area contributed by atoms with Crippen molar-refractivity contribution >= 4 is 27.4 Å². The van der Waals surface area contributed by atoms with Gasteiger partial charge in [0.25, 0.3) is 0 Å². The smallest absolute Gasteiger partial charge is 0.140 e. The second kappa shape index (κ2) is 3.99. The van der Waals surface area contributed by atoms with Gasteiger partial charge >= 0.3 is 0 Å². The molecule has 84 valence electrons. The zero-order valence-electron chi connectivity index (χ0n) is 8.97. The van der Waals surface area contributed by atoms with Crippen molar-refractivity contribution in [2.75, 3.05) is 18.0 Å². The molecule has 0 spiro atoms. The van der Waals surface area contributed by atoms with Gasteiger partial charge in [0.1, 0.15) is 17.0 Å². The number of piperidine rings is 1. The lowest BCUT2D eigenvalue weighted by atomic mass is 10.1. The fourth-order valence-electron chi connectivity index (χ4n) is 2.23. The Kier molecular flexibility index (Phi) is 2.49. The third kappa shape index (κ3) is 1.66. The maximum Gasteiger partial charge on any atom is 0.140 e. The summed E-state index contributed by atoms with van der Waals surface area (Å²) in [7, 11) is 0. The van der Waals surface area contributed by atoms with Crippen molar-refractivity contribution in [3.05, 3.63) is 17.8 Å². The van der Waals surface area contributed by atoms with Crippen LogP contribution < -0.4 is 10.6 Å². The van der Waals surface area contributed by atoms with E-state index in [1.807, 2.05) is 0 Å². The molecule has 1 aliphatic heterocycles. The lowest BCUT2D eigenvalue weighted by Crippen LogP contribution is -2.43. The van der Waals surface area contributed by atoms with Crippen LogP contribution in [0.1, 0.15) is 12.8 Å². The molecular weight excluding hydrogens is 220 g/mol. The maximum atomic E-state index is 6.00. The van der Waals surface area contributed by atoms with Crippen LogP contribution >= 0.6 is 11.3 Å². The highest BCUT2D eigenvalue weighted by Crippen LogP contribution is 2.28. The molecule has 0 saturated carbocycles. The van der Waals surface area contributed by atoms with Crippen LogP contribution in [0.3, 0.4) is 0 Å². The number of aromatic nitrogens is 2. The summed E-state index contributed by atoms with van der Waals surface area (Å²) >= 11 is 1.66. The van der Waals surface area contributed by atoms with E-state index >= 15 is 0 Å². The van der Waals surface area contributed by atoms with Crippen LogP contribution in [0, 0.1) is 0 Å². The minimum absolute atomic E-state index is 0.275. The molecule has 0 amide bonds. The molecule has 0 bridgehead atoms. The lowest BCUT2D eigenvalue weighted by Gasteiger charge is -2.31. The quantitative estimate of drug-likeness (QED) is 0.814. The third-order valence-corrected chi connectivity index (χ3v) is 3.82. The fourth-order valence-corrected chi connectivity index (χ4v) is 2.96. The second-order valence-corrected chi connectivity index (χ2v) is 5.08. The molecule has 1 atom stereocenters. The summed E-state index contributed by atoms with van der Waals surface area (Å²) in [4.78, 5) is 12.0. The van der Waals surface area contributed by atoms with Crippen molar-refractivity contribution in [1.82, 2.24) is 9.97 Å². The Morgan fingerprint density at radius 1 is 1.44 bits per heavy atom. The van der Waals surface area contributed by atoms with Crippen molar-refractivity contribution in [2.45, 2.75) is 18.9 Å². The van der Waals surface area contributed by atoms with Crippen molar-refractivity contribution in [2.24, 2.45) is 5.73 Å². The summed E-state index contributed by atoms with van der Waals surface area (Å²) in [6, 6.07) is 2.37. The number of hydrogen-bond acceptors (Lipinski definition) is 5.